The molecule has 0 atom stereocenters. The molecule has 0 aliphatic carbocycles. The van der Waals surface area contributed by atoms with Crippen molar-refractivity contribution in [3.8, 4) is 16.7 Å². The fraction of sp³-hybridized carbons (Fsp3) is 0.160. The molecule has 1 aromatic heterocycles. The number of hydrogen-bond donors (Lipinski definition) is 1. The highest BCUT2D eigenvalue weighted by Gasteiger charge is 2.15. The monoisotopic (exact) mass is 463 g/mol. The highest BCUT2D eigenvalue weighted by atomic mass is 32.1. The maximum Gasteiger partial charge on any atom is 0.298 e. The third kappa shape index (κ3) is 5.53. The van der Waals surface area contributed by atoms with Crippen LogP contribution in [0.25, 0.3) is 0 Å². The van der Waals surface area contributed by atoms with Gasteiger partial charge >= 0.3 is 0 Å². The van der Waals surface area contributed by atoms with Crippen molar-refractivity contribution in [2.75, 3.05) is 12.4 Å². The number of nitrogens with one attached hydrogen (secondary N) is 1. The number of methoxy groups -OCH3 is 1. The van der Waals surface area contributed by atoms with Crippen molar-refractivity contribution in [1.29, 1.82) is 0 Å². The van der Waals surface area contributed by atoms with E-state index in [1.54, 1.807) is 30.3 Å². The Morgan fingerprint density at radius 3 is 2.52 bits per heavy atom. The molecule has 0 bridgehead atoms. The zero-order valence-corrected chi connectivity index (χ0v) is 19.2. The standard InChI is InChI=1S/C25H22FN3O3S/c1-15-4-10-20(12-16(15)2)27-24(30)18-7-11-21(31-3)22(14-18)32-25-28-23(29-33-25)13-17-5-8-19(26)9-6-17/h4-12,14H,13H2,1-3H3,(H,27,30). The second-order valence-electron chi connectivity index (χ2n) is 7.50. The molecule has 8 heteroatoms. The number of ether oxygens (including phenoxy) is 2. The SMILES string of the molecule is COc1ccc(C(=O)Nc2ccc(C)c(C)c2)cc1Oc1nc(Cc2ccc(F)cc2)ns1. The number of amides is 1. The first-order chi connectivity index (χ1) is 15.9. The highest BCUT2D eigenvalue weighted by molar-refractivity contribution is 7.07. The Morgan fingerprint density at radius 2 is 1.79 bits per heavy atom. The lowest BCUT2D eigenvalue weighted by Crippen LogP contribution is -2.12. The van der Waals surface area contributed by atoms with E-state index in [0.717, 1.165) is 33.9 Å². The van der Waals surface area contributed by atoms with Gasteiger partial charge in [-0.1, -0.05) is 18.2 Å². The maximum atomic E-state index is 13.1. The quantitative estimate of drug-likeness (QED) is 0.367. The molecule has 0 radical (unpaired) electrons. The van der Waals surface area contributed by atoms with Crippen molar-refractivity contribution < 1.29 is 18.7 Å². The summed E-state index contributed by atoms with van der Waals surface area (Å²) in [6, 6.07) is 16.9. The summed E-state index contributed by atoms with van der Waals surface area (Å²) in [5.74, 6) is 0.828. The smallest absolute Gasteiger partial charge is 0.298 e. The molecule has 1 N–H and O–H groups in total. The first-order valence-electron chi connectivity index (χ1n) is 10.2. The first kappa shape index (κ1) is 22.4. The molecule has 0 fully saturated rings. The predicted molar refractivity (Wildman–Crippen MR) is 126 cm³/mol. The normalized spacial score (nSPS) is 10.7. The molecule has 3 aromatic carbocycles. The summed E-state index contributed by atoms with van der Waals surface area (Å²) in [4.78, 5) is 17.2. The van der Waals surface area contributed by atoms with E-state index in [1.807, 2.05) is 32.0 Å². The summed E-state index contributed by atoms with van der Waals surface area (Å²) in [6.07, 6.45) is 0.454. The Labute approximate surface area is 195 Å². The number of aryl methyl sites for hydroxylation is 2. The lowest BCUT2D eigenvalue weighted by molar-refractivity contribution is 0.102. The number of halogens is 1. The fourth-order valence-electron chi connectivity index (χ4n) is 3.15. The Kier molecular flexibility index (Phi) is 6.65. The summed E-state index contributed by atoms with van der Waals surface area (Å²) in [6.45, 7) is 4.02. The number of nitrogens with zero attached hydrogens (tertiary/aromatic N) is 2. The van der Waals surface area contributed by atoms with Crippen molar-refractivity contribution in [2.45, 2.75) is 20.3 Å². The minimum Gasteiger partial charge on any atom is -0.493 e. The van der Waals surface area contributed by atoms with Crippen LogP contribution in [0, 0.1) is 19.7 Å². The Bertz CT molecular complexity index is 1290. The molecule has 0 aliphatic heterocycles. The zero-order chi connectivity index (χ0) is 23.4. The van der Waals surface area contributed by atoms with Crippen molar-refractivity contribution in [2.24, 2.45) is 0 Å². The van der Waals surface area contributed by atoms with E-state index in [-0.39, 0.29) is 11.7 Å². The van der Waals surface area contributed by atoms with Gasteiger partial charge in [0.2, 0.25) is 0 Å². The second-order valence-corrected chi connectivity index (χ2v) is 8.22. The summed E-state index contributed by atoms with van der Waals surface area (Å²) in [5, 5.41) is 3.22. The average Bonchev–Trinajstić information content (AvgIpc) is 3.24. The zero-order valence-electron chi connectivity index (χ0n) is 18.4. The van der Waals surface area contributed by atoms with E-state index >= 15 is 0 Å². The van der Waals surface area contributed by atoms with Crippen LogP contribution in [0.15, 0.2) is 60.7 Å². The van der Waals surface area contributed by atoms with Gasteiger partial charge in [0.25, 0.3) is 11.1 Å². The molecule has 4 aromatic rings. The molecular formula is C25H22FN3O3S. The third-order valence-electron chi connectivity index (χ3n) is 5.11. The number of aromatic nitrogens is 2. The van der Waals surface area contributed by atoms with Crippen LogP contribution in [0.1, 0.15) is 32.9 Å². The van der Waals surface area contributed by atoms with Crippen LogP contribution in [0.5, 0.6) is 16.7 Å². The molecule has 33 heavy (non-hydrogen) atoms. The van der Waals surface area contributed by atoms with Gasteiger partial charge in [-0.2, -0.15) is 9.36 Å². The molecule has 0 spiro atoms. The van der Waals surface area contributed by atoms with Crippen molar-refractivity contribution in [1.82, 2.24) is 9.36 Å². The van der Waals surface area contributed by atoms with Crippen molar-refractivity contribution in [3.63, 3.8) is 0 Å². The van der Waals surface area contributed by atoms with E-state index < -0.39 is 0 Å². The number of anilines is 1. The number of carbonyl (C=O) groups excluding carboxylic acids is 1. The van der Waals surface area contributed by atoms with Crippen LogP contribution >= 0.6 is 11.5 Å². The van der Waals surface area contributed by atoms with Crippen molar-refractivity contribution in [3.05, 3.63) is 94.6 Å². The number of hydrogen-bond acceptors (Lipinski definition) is 6. The molecule has 0 saturated heterocycles. The topological polar surface area (TPSA) is 73.3 Å². The largest absolute Gasteiger partial charge is 0.493 e. The summed E-state index contributed by atoms with van der Waals surface area (Å²) < 4.78 is 28.7. The van der Waals surface area contributed by atoms with E-state index in [9.17, 15) is 9.18 Å². The van der Waals surface area contributed by atoms with Crippen LogP contribution in [0.4, 0.5) is 10.1 Å². The van der Waals surface area contributed by atoms with Gasteiger partial charge in [0, 0.05) is 29.2 Å². The first-order valence-corrected chi connectivity index (χ1v) is 11.0. The lowest BCUT2D eigenvalue weighted by Gasteiger charge is -2.11. The molecule has 6 nitrogen and oxygen atoms in total. The molecule has 0 saturated carbocycles. The fourth-order valence-corrected chi connectivity index (χ4v) is 3.71. The highest BCUT2D eigenvalue weighted by Crippen LogP contribution is 2.33. The lowest BCUT2D eigenvalue weighted by atomic mass is 10.1. The number of rotatable bonds is 7. The van der Waals surface area contributed by atoms with Crippen LogP contribution in [-0.2, 0) is 6.42 Å². The molecule has 1 amide bonds. The molecule has 0 unspecified atom stereocenters. The molecular weight excluding hydrogens is 441 g/mol. The van der Waals surface area contributed by atoms with Crippen LogP contribution in [-0.4, -0.2) is 22.4 Å². The molecule has 0 aliphatic rings. The van der Waals surface area contributed by atoms with Crippen LogP contribution in [0.3, 0.4) is 0 Å². The maximum absolute atomic E-state index is 13.1. The van der Waals surface area contributed by atoms with Gasteiger partial charge in [-0.25, -0.2) is 4.39 Å². The summed E-state index contributed by atoms with van der Waals surface area (Å²) >= 11 is 1.09. The molecule has 4 rings (SSSR count). The Balaban J connectivity index is 1.50. The van der Waals surface area contributed by atoms with Crippen molar-refractivity contribution >= 4 is 23.1 Å². The van der Waals surface area contributed by atoms with Gasteiger partial charge < -0.3 is 14.8 Å². The molecule has 1 heterocycles. The Hall–Kier alpha value is -3.78. The predicted octanol–water partition coefficient (Wildman–Crippen LogP) is 5.94. The van der Waals surface area contributed by atoms with Crippen LogP contribution < -0.4 is 14.8 Å². The second kappa shape index (κ2) is 9.79. The number of benzene rings is 3. The number of carbonyl (C=O) groups is 1. The van der Waals surface area contributed by atoms with Gasteiger partial charge in [-0.3, -0.25) is 4.79 Å². The minimum absolute atomic E-state index is 0.264. The van der Waals surface area contributed by atoms with E-state index in [1.165, 1.54) is 19.2 Å². The molecule has 168 valence electrons. The summed E-state index contributed by atoms with van der Waals surface area (Å²) in [7, 11) is 1.52. The van der Waals surface area contributed by atoms with Gasteiger partial charge in [-0.05, 0) is 73.0 Å². The average molecular weight is 464 g/mol. The van der Waals surface area contributed by atoms with Gasteiger partial charge in [0.1, 0.15) is 5.82 Å². The van der Waals surface area contributed by atoms with Gasteiger partial charge in [-0.15, -0.1) is 0 Å². The van der Waals surface area contributed by atoms with E-state index in [4.69, 9.17) is 9.47 Å². The van der Waals surface area contributed by atoms with E-state index in [0.29, 0.717) is 34.5 Å². The third-order valence-corrected chi connectivity index (χ3v) is 5.75. The Morgan fingerprint density at radius 1 is 1.00 bits per heavy atom. The van der Waals surface area contributed by atoms with Gasteiger partial charge in [0.05, 0.1) is 7.11 Å². The van der Waals surface area contributed by atoms with Gasteiger partial charge in [0.15, 0.2) is 17.3 Å². The summed E-state index contributed by atoms with van der Waals surface area (Å²) in [5.41, 5.74) is 4.28. The van der Waals surface area contributed by atoms with E-state index in [2.05, 4.69) is 14.7 Å². The van der Waals surface area contributed by atoms with Crippen LogP contribution in [0.2, 0.25) is 0 Å². The minimum atomic E-state index is -0.289.